The van der Waals surface area contributed by atoms with Gasteiger partial charge in [-0.2, -0.15) is 0 Å². The molecule has 4 nitrogen and oxygen atoms in total. The first-order valence-corrected chi connectivity index (χ1v) is 7.33. The van der Waals surface area contributed by atoms with Crippen molar-refractivity contribution in [2.45, 2.75) is 19.8 Å². The van der Waals surface area contributed by atoms with Crippen molar-refractivity contribution >= 4 is 39.7 Å². The van der Waals surface area contributed by atoms with Gasteiger partial charge in [0.05, 0.1) is 17.8 Å². The Morgan fingerprint density at radius 1 is 1.40 bits per heavy atom. The highest BCUT2D eigenvalue weighted by Gasteiger charge is 2.21. The van der Waals surface area contributed by atoms with Crippen LogP contribution in [-0.4, -0.2) is 18.1 Å². The number of esters is 1. The molecule has 0 fully saturated rings. The van der Waals surface area contributed by atoms with Crippen molar-refractivity contribution in [2.24, 2.45) is 0 Å². The molecule has 0 aliphatic carbocycles. The van der Waals surface area contributed by atoms with Crippen LogP contribution in [0.1, 0.15) is 35.1 Å². The van der Waals surface area contributed by atoms with Crippen molar-refractivity contribution in [1.82, 2.24) is 4.98 Å². The van der Waals surface area contributed by atoms with Crippen LogP contribution in [0.2, 0.25) is 5.02 Å². The number of ether oxygens (including phenoxy) is 1. The third kappa shape index (κ3) is 3.11. The van der Waals surface area contributed by atoms with Crippen LogP contribution in [0.5, 0.6) is 0 Å². The maximum Gasteiger partial charge on any atom is 0.357 e. The molecule has 1 heterocycles. The molecule has 6 heteroatoms. The summed E-state index contributed by atoms with van der Waals surface area (Å²) in [6.45, 7) is 4.03. The number of aromatic nitrogens is 1. The molecule has 0 saturated carbocycles. The number of nitrogens with zero attached hydrogens (tertiary/aromatic N) is 1. The summed E-state index contributed by atoms with van der Waals surface area (Å²) < 4.78 is 4.77. The van der Waals surface area contributed by atoms with E-state index in [1.54, 1.807) is 6.07 Å². The van der Waals surface area contributed by atoms with E-state index >= 15 is 0 Å². The lowest BCUT2D eigenvalue weighted by atomic mass is 10.1. The van der Waals surface area contributed by atoms with E-state index < -0.39 is 5.97 Å². The van der Waals surface area contributed by atoms with Crippen molar-refractivity contribution < 1.29 is 9.53 Å². The summed E-state index contributed by atoms with van der Waals surface area (Å²) >= 11 is 7.53. The normalized spacial score (nSPS) is 10.7. The number of thiazole rings is 1. The van der Waals surface area contributed by atoms with Crippen LogP contribution in [0.3, 0.4) is 0 Å². The minimum absolute atomic E-state index is 0.198. The van der Waals surface area contributed by atoms with Crippen molar-refractivity contribution in [3.8, 4) is 0 Å². The van der Waals surface area contributed by atoms with Crippen LogP contribution >= 0.6 is 22.9 Å². The fourth-order valence-electron chi connectivity index (χ4n) is 1.70. The Hall–Kier alpha value is -1.59. The summed E-state index contributed by atoms with van der Waals surface area (Å²) in [5.74, 6) is -0.222. The highest BCUT2D eigenvalue weighted by molar-refractivity contribution is 7.16. The highest BCUT2D eigenvalue weighted by Crippen LogP contribution is 2.33. The summed E-state index contributed by atoms with van der Waals surface area (Å²) in [5, 5.41) is 4.37. The number of rotatable bonds is 4. The largest absolute Gasteiger partial charge is 0.464 e. The molecule has 0 amide bonds. The van der Waals surface area contributed by atoms with Gasteiger partial charge >= 0.3 is 5.97 Å². The molecule has 0 radical (unpaired) electrons. The van der Waals surface area contributed by atoms with Crippen molar-refractivity contribution in [1.29, 1.82) is 0 Å². The zero-order chi connectivity index (χ0) is 14.7. The van der Waals surface area contributed by atoms with E-state index in [0.29, 0.717) is 15.8 Å². The lowest BCUT2D eigenvalue weighted by Crippen LogP contribution is -2.05. The second-order valence-corrected chi connectivity index (χ2v) is 5.92. The van der Waals surface area contributed by atoms with Crippen LogP contribution in [0.25, 0.3) is 0 Å². The van der Waals surface area contributed by atoms with E-state index in [0.717, 1.165) is 10.6 Å². The molecule has 0 aliphatic rings. The zero-order valence-electron chi connectivity index (χ0n) is 11.4. The van der Waals surface area contributed by atoms with E-state index in [1.165, 1.54) is 18.4 Å². The quantitative estimate of drug-likeness (QED) is 0.848. The Kier molecular flexibility index (Phi) is 4.62. The molecule has 2 aromatic rings. The Morgan fingerprint density at radius 2 is 2.10 bits per heavy atom. The smallest absolute Gasteiger partial charge is 0.357 e. The topological polar surface area (TPSA) is 51.2 Å². The summed E-state index contributed by atoms with van der Waals surface area (Å²) in [6.07, 6.45) is 0. The third-order valence-corrected chi connectivity index (χ3v) is 4.27. The number of para-hydroxylation sites is 1. The lowest BCUT2D eigenvalue weighted by molar-refractivity contribution is 0.0593. The molecule has 1 aromatic carbocycles. The first kappa shape index (κ1) is 14.8. The maximum absolute atomic E-state index is 11.7. The highest BCUT2D eigenvalue weighted by atomic mass is 35.5. The number of halogens is 1. The maximum atomic E-state index is 11.7. The van der Waals surface area contributed by atoms with Gasteiger partial charge in [0.1, 0.15) is 0 Å². The van der Waals surface area contributed by atoms with Crippen LogP contribution in [0, 0.1) is 0 Å². The minimum Gasteiger partial charge on any atom is -0.464 e. The Bertz CT molecular complexity index is 625. The van der Waals surface area contributed by atoms with Crippen LogP contribution in [-0.2, 0) is 4.74 Å². The fourth-order valence-corrected chi connectivity index (χ4v) is 2.85. The predicted molar refractivity (Wildman–Crippen MR) is 82.3 cm³/mol. The van der Waals surface area contributed by atoms with Gasteiger partial charge in [0.2, 0.25) is 0 Å². The number of nitrogens with one attached hydrogen (secondary N) is 1. The number of carbonyl (C=O) groups excluding carboxylic acids is 1. The fraction of sp³-hybridized carbons (Fsp3) is 0.286. The summed E-state index contributed by atoms with van der Waals surface area (Å²) in [5.41, 5.74) is 1.12. The molecule has 0 bridgehead atoms. The molecule has 0 spiro atoms. The molecule has 0 atom stereocenters. The SMILES string of the molecule is COC(=O)c1nc(Nc2ccccc2Cl)sc1C(C)C. The number of methoxy groups -OCH3 is 1. The Labute approximate surface area is 126 Å². The molecular formula is C14H15ClN2O2S. The molecule has 1 aromatic heterocycles. The molecule has 106 valence electrons. The van der Waals surface area contributed by atoms with Crippen molar-refractivity contribution in [3.05, 3.63) is 39.9 Å². The van der Waals surface area contributed by atoms with E-state index in [-0.39, 0.29) is 5.92 Å². The molecular weight excluding hydrogens is 296 g/mol. The van der Waals surface area contributed by atoms with Gasteiger partial charge in [-0.05, 0) is 18.1 Å². The Balaban J connectivity index is 2.34. The monoisotopic (exact) mass is 310 g/mol. The van der Waals surface area contributed by atoms with E-state index in [9.17, 15) is 4.79 Å². The Morgan fingerprint density at radius 3 is 2.70 bits per heavy atom. The number of hydrogen-bond acceptors (Lipinski definition) is 5. The summed E-state index contributed by atoms with van der Waals surface area (Å²) in [4.78, 5) is 16.9. The predicted octanol–water partition coefficient (Wildman–Crippen LogP) is 4.45. The van der Waals surface area contributed by atoms with Gasteiger partial charge in [-0.1, -0.05) is 37.6 Å². The molecule has 2 rings (SSSR count). The number of benzene rings is 1. The first-order valence-electron chi connectivity index (χ1n) is 6.13. The first-order chi connectivity index (χ1) is 9.52. The minimum atomic E-state index is -0.419. The third-order valence-electron chi connectivity index (χ3n) is 2.67. The van der Waals surface area contributed by atoms with Gasteiger partial charge in [-0.15, -0.1) is 11.3 Å². The van der Waals surface area contributed by atoms with Gasteiger partial charge in [-0.25, -0.2) is 9.78 Å². The van der Waals surface area contributed by atoms with Gasteiger partial charge in [-0.3, -0.25) is 0 Å². The molecule has 0 unspecified atom stereocenters. The molecule has 1 N–H and O–H groups in total. The lowest BCUT2D eigenvalue weighted by Gasteiger charge is -2.03. The average Bonchev–Trinajstić information content (AvgIpc) is 2.85. The molecule has 20 heavy (non-hydrogen) atoms. The summed E-state index contributed by atoms with van der Waals surface area (Å²) in [7, 11) is 1.35. The van der Waals surface area contributed by atoms with Gasteiger partial charge < -0.3 is 10.1 Å². The van der Waals surface area contributed by atoms with Gasteiger partial charge in [0, 0.05) is 4.88 Å². The number of hydrogen-bond donors (Lipinski definition) is 1. The molecule has 0 aliphatic heterocycles. The van der Waals surface area contributed by atoms with Crippen LogP contribution in [0.4, 0.5) is 10.8 Å². The summed E-state index contributed by atoms with van der Waals surface area (Å²) in [6, 6.07) is 7.39. The van der Waals surface area contributed by atoms with E-state index in [2.05, 4.69) is 10.3 Å². The van der Waals surface area contributed by atoms with Crippen LogP contribution in [0.15, 0.2) is 24.3 Å². The molecule has 0 saturated heterocycles. The van der Waals surface area contributed by atoms with Gasteiger partial charge in [0.15, 0.2) is 10.8 Å². The number of carbonyl (C=O) groups is 1. The average molecular weight is 311 g/mol. The van der Waals surface area contributed by atoms with Gasteiger partial charge in [0.25, 0.3) is 0 Å². The van der Waals surface area contributed by atoms with Crippen molar-refractivity contribution in [3.63, 3.8) is 0 Å². The van der Waals surface area contributed by atoms with E-state index in [1.807, 2.05) is 32.0 Å². The zero-order valence-corrected chi connectivity index (χ0v) is 13.0. The van der Waals surface area contributed by atoms with E-state index in [4.69, 9.17) is 16.3 Å². The second-order valence-electron chi connectivity index (χ2n) is 4.48. The second kappa shape index (κ2) is 6.24. The van der Waals surface area contributed by atoms with Crippen LogP contribution < -0.4 is 5.32 Å². The standard InChI is InChI=1S/C14H15ClN2O2S/c1-8(2)12-11(13(18)19-3)17-14(20-12)16-10-7-5-4-6-9(10)15/h4-8H,1-3H3,(H,16,17). The number of anilines is 2. The van der Waals surface area contributed by atoms with Crippen molar-refractivity contribution in [2.75, 3.05) is 12.4 Å².